The predicted octanol–water partition coefficient (Wildman–Crippen LogP) is 2.06. The summed E-state index contributed by atoms with van der Waals surface area (Å²) in [5, 5.41) is 3.32. The molecule has 5 nitrogen and oxygen atoms in total. The van der Waals surface area contributed by atoms with Crippen LogP contribution in [0.1, 0.15) is 19.8 Å². The molecule has 19 heavy (non-hydrogen) atoms. The number of carbonyl (C=O) groups is 1. The number of anilines is 2. The van der Waals surface area contributed by atoms with Crippen molar-refractivity contribution < 1.29 is 9.53 Å². The molecule has 0 radical (unpaired) electrons. The number of nitrogens with zero attached hydrogens (tertiary/aromatic N) is 2. The molecule has 2 aliphatic heterocycles. The number of hydrogen-bond acceptors (Lipinski definition) is 4. The molecule has 2 aliphatic rings. The third-order valence-corrected chi connectivity index (χ3v) is 3.93. The summed E-state index contributed by atoms with van der Waals surface area (Å²) < 4.78 is 5.39. The van der Waals surface area contributed by atoms with Crippen molar-refractivity contribution >= 4 is 29.0 Å². The highest BCUT2D eigenvalue weighted by Crippen LogP contribution is 2.34. The van der Waals surface area contributed by atoms with Gasteiger partial charge in [-0.1, -0.05) is 11.6 Å². The van der Waals surface area contributed by atoms with Crippen LogP contribution >= 0.6 is 11.6 Å². The van der Waals surface area contributed by atoms with Crippen molar-refractivity contribution in [2.75, 3.05) is 23.4 Å². The average molecular weight is 282 g/mol. The van der Waals surface area contributed by atoms with Gasteiger partial charge in [0.15, 0.2) is 5.82 Å². The van der Waals surface area contributed by atoms with E-state index in [0.717, 1.165) is 37.6 Å². The summed E-state index contributed by atoms with van der Waals surface area (Å²) in [5.41, 5.74) is 0.735. The summed E-state index contributed by atoms with van der Waals surface area (Å²) in [6.45, 7) is 3.35. The molecule has 1 N–H and O–H groups in total. The number of nitrogens with one attached hydrogen (secondary N) is 1. The number of carbonyl (C=O) groups excluding carboxylic acids is 1. The first-order chi connectivity index (χ1) is 9.16. The summed E-state index contributed by atoms with van der Waals surface area (Å²) >= 11 is 5.99. The number of rotatable bonds is 1. The van der Waals surface area contributed by atoms with Crippen LogP contribution in [0.25, 0.3) is 0 Å². The molecule has 0 unspecified atom stereocenters. The van der Waals surface area contributed by atoms with Crippen molar-refractivity contribution in [3.63, 3.8) is 0 Å². The van der Waals surface area contributed by atoms with Gasteiger partial charge in [0.1, 0.15) is 11.2 Å². The minimum atomic E-state index is -0.235. The van der Waals surface area contributed by atoms with Gasteiger partial charge in [-0.15, -0.1) is 0 Å². The van der Waals surface area contributed by atoms with Crippen molar-refractivity contribution in [1.29, 1.82) is 0 Å². The SMILES string of the molecule is C[C@@H]1C(=O)Nc2ccc(Cl)nc2N1C1CCOCC1. The Kier molecular flexibility index (Phi) is 3.33. The lowest BCUT2D eigenvalue weighted by atomic mass is 10.0. The third-order valence-electron chi connectivity index (χ3n) is 3.72. The zero-order chi connectivity index (χ0) is 13.4. The molecule has 0 aliphatic carbocycles. The first-order valence-corrected chi connectivity index (χ1v) is 6.88. The van der Waals surface area contributed by atoms with Crippen LogP contribution in [0.5, 0.6) is 0 Å². The number of aromatic nitrogens is 1. The van der Waals surface area contributed by atoms with Crippen molar-refractivity contribution in [3.05, 3.63) is 17.3 Å². The van der Waals surface area contributed by atoms with E-state index in [4.69, 9.17) is 16.3 Å². The fourth-order valence-electron chi connectivity index (χ4n) is 2.72. The molecule has 0 bridgehead atoms. The predicted molar refractivity (Wildman–Crippen MR) is 73.7 cm³/mol. The maximum atomic E-state index is 12.1. The van der Waals surface area contributed by atoms with Crippen LogP contribution in [-0.4, -0.2) is 36.2 Å². The molecule has 0 aromatic carbocycles. The van der Waals surface area contributed by atoms with E-state index in [-0.39, 0.29) is 18.0 Å². The van der Waals surface area contributed by atoms with Crippen LogP contribution in [0.3, 0.4) is 0 Å². The monoisotopic (exact) mass is 281 g/mol. The first-order valence-electron chi connectivity index (χ1n) is 6.50. The molecule has 1 aromatic heterocycles. The van der Waals surface area contributed by atoms with Crippen LogP contribution in [0, 0.1) is 0 Å². The second-order valence-electron chi connectivity index (χ2n) is 4.92. The fourth-order valence-corrected chi connectivity index (χ4v) is 2.86. The second kappa shape index (κ2) is 4.98. The molecule has 0 saturated carbocycles. The van der Waals surface area contributed by atoms with E-state index in [1.807, 2.05) is 6.92 Å². The molecule has 102 valence electrons. The van der Waals surface area contributed by atoms with E-state index >= 15 is 0 Å². The van der Waals surface area contributed by atoms with Gasteiger partial charge >= 0.3 is 0 Å². The van der Waals surface area contributed by atoms with E-state index in [2.05, 4.69) is 15.2 Å². The lowest BCUT2D eigenvalue weighted by Gasteiger charge is -2.42. The van der Waals surface area contributed by atoms with Gasteiger partial charge in [-0.3, -0.25) is 4.79 Å². The van der Waals surface area contributed by atoms with Gasteiger partial charge in [-0.2, -0.15) is 0 Å². The van der Waals surface area contributed by atoms with E-state index in [0.29, 0.717) is 5.15 Å². The average Bonchev–Trinajstić information content (AvgIpc) is 2.42. The highest BCUT2D eigenvalue weighted by atomic mass is 35.5. The zero-order valence-corrected chi connectivity index (χ0v) is 11.5. The fraction of sp³-hybridized carbons (Fsp3) is 0.538. The van der Waals surface area contributed by atoms with E-state index in [1.54, 1.807) is 12.1 Å². The van der Waals surface area contributed by atoms with Crippen LogP contribution in [0.4, 0.5) is 11.5 Å². The molecular weight excluding hydrogens is 266 g/mol. The number of halogens is 1. The van der Waals surface area contributed by atoms with Crippen molar-refractivity contribution in [2.24, 2.45) is 0 Å². The lowest BCUT2D eigenvalue weighted by Crippen LogP contribution is -2.53. The Balaban J connectivity index is 2.01. The van der Waals surface area contributed by atoms with E-state index < -0.39 is 0 Å². The molecule has 6 heteroatoms. The van der Waals surface area contributed by atoms with Crippen molar-refractivity contribution in [2.45, 2.75) is 31.8 Å². The normalized spacial score (nSPS) is 24.0. The van der Waals surface area contributed by atoms with Gasteiger partial charge in [0.25, 0.3) is 0 Å². The van der Waals surface area contributed by atoms with Crippen LogP contribution in [0.15, 0.2) is 12.1 Å². The van der Waals surface area contributed by atoms with Crippen LogP contribution in [-0.2, 0) is 9.53 Å². The molecule has 3 heterocycles. The first kappa shape index (κ1) is 12.7. The number of amides is 1. The number of fused-ring (bicyclic) bond motifs is 1. The Morgan fingerprint density at radius 2 is 2.16 bits per heavy atom. The standard InChI is InChI=1S/C13H16ClN3O2/c1-8-13(18)15-10-2-3-11(14)16-12(10)17(8)9-4-6-19-7-5-9/h2-3,8-9H,4-7H2,1H3,(H,15,18)/t8-/m1/s1. The largest absolute Gasteiger partial charge is 0.381 e. The summed E-state index contributed by atoms with van der Waals surface area (Å²) in [6.07, 6.45) is 1.82. The smallest absolute Gasteiger partial charge is 0.246 e. The summed E-state index contributed by atoms with van der Waals surface area (Å²) in [7, 11) is 0. The minimum absolute atomic E-state index is 0.00288. The summed E-state index contributed by atoms with van der Waals surface area (Å²) in [6, 6.07) is 3.54. The number of pyridine rings is 1. The third kappa shape index (κ3) is 2.28. The Morgan fingerprint density at radius 3 is 2.89 bits per heavy atom. The lowest BCUT2D eigenvalue weighted by molar-refractivity contribution is -0.117. The molecule has 1 atom stereocenters. The van der Waals surface area contributed by atoms with E-state index in [9.17, 15) is 4.79 Å². The van der Waals surface area contributed by atoms with Crippen LogP contribution < -0.4 is 10.2 Å². The van der Waals surface area contributed by atoms with Gasteiger partial charge < -0.3 is 15.0 Å². The topological polar surface area (TPSA) is 54.5 Å². The number of ether oxygens (including phenoxy) is 1. The van der Waals surface area contributed by atoms with Gasteiger partial charge in [0.2, 0.25) is 5.91 Å². The zero-order valence-electron chi connectivity index (χ0n) is 10.7. The summed E-state index contributed by atoms with van der Waals surface area (Å²) in [5.74, 6) is 0.773. The Morgan fingerprint density at radius 1 is 1.42 bits per heavy atom. The molecule has 1 amide bonds. The maximum absolute atomic E-state index is 12.1. The Labute approximate surface area is 116 Å². The molecule has 0 spiro atoms. The Hall–Kier alpha value is -1.33. The van der Waals surface area contributed by atoms with E-state index in [1.165, 1.54) is 0 Å². The molecule has 1 fully saturated rings. The summed E-state index contributed by atoms with van der Waals surface area (Å²) in [4.78, 5) is 18.5. The molecule has 3 rings (SSSR count). The van der Waals surface area contributed by atoms with Gasteiger partial charge in [-0.05, 0) is 31.9 Å². The van der Waals surface area contributed by atoms with Gasteiger partial charge in [0, 0.05) is 19.3 Å². The Bertz CT molecular complexity index is 503. The molecular formula is C13H16ClN3O2. The van der Waals surface area contributed by atoms with Gasteiger partial charge in [0.05, 0.1) is 5.69 Å². The number of hydrogen-bond donors (Lipinski definition) is 1. The second-order valence-corrected chi connectivity index (χ2v) is 5.31. The van der Waals surface area contributed by atoms with Crippen molar-refractivity contribution in [1.82, 2.24) is 4.98 Å². The molecule has 1 saturated heterocycles. The van der Waals surface area contributed by atoms with Crippen molar-refractivity contribution in [3.8, 4) is 0 Å². The quantitative estimate of drug-likeness (QED) is 0.801. The minimum Gasteiger partial charge on any atom is -0.381 e. The molecule has 1 aromatic rings. The van der Waals surface area contributed by atoms with Crippen LogP contribution in [0.2, 0.25) is 5.15 Å². The maximum Gasteiger partial charge on any atom is 0.246 e. The highest BCUT2D eigenvalue weighted by molar-refractivity contribution is 6.29. The van der Waals surface area contributed by atoms with Gasteiger partial charge in [-0.25, -0.2) is 4.98 Å². The highest BCUT2D eigenvalue weighted by Gasteiger charge is 2.36.